The Bertz CT molecular complexity index is 1090. The number of hydrogen-bond acceptors (Lipinski definition) is 7. The van der Waals surface area contributed by atoms with Crippen molar-refractivity contribution in [3.63, 3.8) is 0 Å². The SMILES string of the molecule is CCN1C(=O)/C(=C/c2ccc(OC)c(OC)c2OC)SC1=Nc1ccc(N2CCCCC2)cc1. The van der Waals surface area contributed by atoms with Gasteiger partial charge in [0.1, 0.15) is 0 Å². The van der Waals surface area contributed by atoms with Gasteiger partial charge in [-0.05, 0) is 80.4 Å². The molecule has 2 fully saturated rings. The van der Waals surface area contributed by atoms with Crippen molar-refractivity contribution in [2.75, 3.05) is 45.9 Å². The monoisotopic (exact) mass is 481 g/mol. The lowest BCUT2D eigenvalue weighted by Crippen LogP contribution is -2.29. The standard InChI is InChI=1S/C26H31N3O4S/c1-5-29-25(30)22(17-18-9-14-21(31-2)24(33-4)23(18)32-3)34-26(29)27-19-10-12-20(13-11-19)28-15-7-6-8-16-28/h9-14,17H,5-8,15-16H2,1-4H3/b22-17-,27-26?. The number of methoxy groups -OCH3 is 3. The maximum Gasteiger partial charge on any atom is 0.266 e. The van der Waals surface area contributed by atoms with Gasteiger partial charge in [0, 0.05) is 30.9 Å². The Morgan fingerprint density at radius 2 is 1.65 bits per heavy atom. The Labute approximate surface area is 205 Å². The number of likely N-dealkylation sites (N-methyl/N-ethyl adjacent to an activating group) is 1. The fourth-order valence-corrected chi connectivity index (χ4v) is 5.30. The highest BCUT2D eigenvalue weighted by Gasteiger charge is 2.32. The van der Waals surface area contributed by atoms with Gasteiger partial charge in [-0.25, -0.2) is 4.99 Å². The molecule has 2 aromatic carbocycles. The number of piperidine rings is 1. The third kappa shape index (κ3) is 4.87. The summed E-state index contributed by atoms with van der Waals surface area (Å²) in [7, 11) is 4.71. The number of ether oxygens (including phenoxy) is 3. The van der Waals surface area contributed by atoms with Gasteiger partial charge in [-0.2, -0.15) is 0 Å². The summed E-state index contributed by atoms with van der Waals surface area (Å²) in [6.07, 6.45) is 5.62. The second kappa shape index (κ2) is 10.9. The van der Waals surface area contributed by atoms with E-state index >= 15 is 0 Å². The number of nitrogens with zero attached hydrogens (tertiary/aromatic N) is 3. The minimum atomic E-state index is -0.0759. The Balaban J connectivity index is 1.61. The summed E-state index contributed by atoms with van der Waals surface area (Å²) in [5.74, 6) is 1.50. The zero-order valence-corrected chi connectivity index (χ0v) is 21.0. The molecule has 2 heterocycles. The number of rotatable bonds is 7. The van der Waals surface area contributed by atoms with Crippen molar-refractivity contribution in [1.29, 1.82) is 0 Å². The van der Waals surface area contributed by atoms with E-state index in [9.17, 15) is 4.79 Å². The van der Waals surface area contributed by atoms with Gasteiger partial charge >= 0.3 is 0 Å². The molecule has 0 unspecified atom stereocenters. The summed E-state index contributed by atoms with van der Waals surface area (Å²) in [5.41, 5.74) is 2.80. The zero-order valence-electron chi connectivity index (χ0n) is 20.2. The van der Waals surface area contributed by atoms with Crippen LogP contribution in [0.3, 0.4) is 0 Å². The number of amidine groups is 1. The molecule has 0 spiro atoms. The number of carbonyl (C=O) groups excluding carboxylic acids is 1. The molecule has 4 rings (SSSR count). The van der Waals surface area contributed by atoms with Gasteiger partial charge < -0.3 is 19.1 Å². The number of carbonyl (C=O) groups is 1. The minimum Gasteiger partial charge on any atom is -0.493 e. The number of amides is 1. The second-order valence-electron chi connectivity index (χ2n) is 8.04. The number of thioether (sulfide) groups is 1. The third-order valence-electron chi connectivity index (χ3n) is 6.02. The largest absolute Gasteiger partial charge is 0.493 e. The summed E-state index contributed by atoms with van der Waals surface area (Å²) in [6, 6.07) is 11.9. The summed E-state index contributed by atoms with van der Waals surface area (Å²) in [6.45, 7) is 4.70. The summed E-state index contributed by atoms with van der Waals surface area (Å²) < 4.78 is 16.4. The van der Waals surface area contributed by atoms with Crippen molar-refractivity contribution in [3.8, 4) is 17.2 Å². The average Bonchev–Trinajstić information content (AvgIpc) is 3.17. The Morgan fingerprint density at radius 1 is 0.941 bits per heavy atom. The molecule has 7 nitrogen and oxygen atoms in total. The summed E-state index contributed by atoms with van der Waals surface area (Å²) in [4.78, 5) is 22.6. The zero-order chi connectivity index (χ0) is 24.1. The fourth-order valence-electron chi connectivity index (χ4n) is 4.25. The van der Waals surface area contributed by atoms with Gasteiger partial charge in [0.25, 0.3) is 5.91 Å². The van der Waals surface area contributed by atoms with Crippen molar-refractivity contribution in [2.45, 2.75) is 26.2 Å². The summed E-state index contributed by atoms with van der Waals surface area (Å²) in [5, 5.41) is 0.670. The Kier molecular flexibility index (Phi) is 7.67. The quantitative estimate of drug-likeness (QED) is 0.499. The van der Waals surface area contributed by atoms with Gasteiger partial charge in [0.2, 0.25) is 5.75 Å². The molecular formula is C26H31N3O4S. The van der Waals surface area contributed by atoms with E-state index in [0.717, 1.165) is 24.3 Å². The smallest absolute Gasteiger partial charge is 0.266 e. The van der Waals surface area contributed by atoms with E-state index < -0.39 is 0 Å². The highest BCUT2D eigenvalue weighted by atomic mass is 32.2. The van der Waals surface area contributed by atoms with Crippen LogP contribution in [0, 0.1) is 0 Å². The van der Waals surface area contributed by atoms with Crippen molar-refractivity contribution in [2.24, 2.45) is 4.99 Å². The van der Waals surface area contributed by atoms with E-state index in [2.05, 4.69) is 17.0 Å². The highest BCUT2D eigenvalue weighted by Crippen LogP contribution is 2.42. The molecule has 2 aliphatic heterocycles. The predicted molar refractivity (Wildman–Crippen MR) is 139 cm³/mol. The van der Waals surface area contributed by atoms with Crippen LogP contribution in [0.25, 0.3) is 6.08 Å². The first-order valence-corrected chi connectivity index (χ1v) is 12.3. The second-order valence-corrected chi connectivity index (χ2v) is 9.05. The molecule has 2 aliphatic rings. The molecule has 0 aliphatic carbocycles. The van der Waals surface area contributed by atoms with Gasteiger partial charge in [0.05, 0.1) is 31.9 Å². The Morgan fingerprint density at radius 3 is 2.26 bits per heavy atom. The first kappa shape index (κ1) is 24.0. The maximum absolute atomic E-state index is 13.1. The van der Waals surface area contributed by atoms with Crippen LogP contribution in [0.4, 0.5) is 11.4 Å². The van der Waals surface area contributed by atoms with Crippen LogP contribution >= 0.6 is 11.8 Å². The molecule has 0 radical (unpaired) electrons. The molecule has 0 saturated carbocycles. The van der Waals surface area contributed by atoms with Crippen LogP contribution < -0.4 is 19.1 Å². The van der Waals surface area contributed by atoms with E-state index in [1.807, 2.05) is 31.2 Å². The van der Waals surface area contributed by atoms with E-state index in [4.69, 9.17) is 19.2 Å². The Hall–Kier alpha value is -3.13. The normalized spacial score (nSPS) is 18.6. The number of hydrogen-bond donors (Lipinski definition) is 0. The molecule has 8 heteroatoms. The minimum absolute atomic E-state index is 0.0759. The molecule has 0 bridgehead atoms. The van der Waals surface area contributed by atoms with Crippen molar-refractivity contribution < 1.29 is 19.0 Å². The molecule has 34 heavy (non-hydrogen) atoms. The van der Waals surface area contributed by atoms with E-state index in [1.165, 1.54) is 36.7 Å². The average molecular weight is 482 g/mol. The van der Waals surface area contributed by atoms with Crippen LogP contribution in [0.15, 0.2) is 46.3 Å². The first-order chi connectivity index (χ1) is 16.6. The van der Waals surface area contributed by atoms with Gasteiger partial charge in [-0.3, -0.25) is 9.69 Å². The molecule has 2 aromatic rings. The molecule has 2 saturated heterocycles. The molecule has 0 N–H and O–H groups in total. The van der Waals surface area contributed by atoms with E-state index in [0.29, 0.717) is 33.9 Å². The number of benzene rings is 2. The lowest BCUT2D eigenvalue weighted by atomic mass is 10.1. The van der Waals surface area contributed by atoms with Crippen molar-refractivity contribution in [3.05, 3.63) is 46.9 Å². The summed E-state index contributed by atoms with van der Waals surface area (Å²) >= 11 is 1.37. The molecule has 0 atom stereocenters. The van der Waals surface area contributed by atoms with Gasteiger partial charge in [-0.15, -0.1) is 0 Å². The van der Waals surface area contributed by atoms with Crippen molar-refractivity contribution in [1.82, 2.24) is 4.90 Å². The third-order valence-corrected chi connectivity index (χ3v) is 7.03. The molecule has 180 valence electrons. The van der Waals surface area contributed by atoms with Crippen LogP contribution in [-0.4, -0.2) is 56.9 Å². The first-order valence-electron chi connectivity index (χ1n) is 11.5. The lowest BCUT2D eigenvalue weighted by Gasteiger charge is -2.28. The molecular weight excluding hydrogens is 450 g/mol. The number of aliphatic imine (C=N–C) groups is 1. The lowest BCUT2D eigenvalue weighted by molar-refractivity contribution is -0.122. The fraction of sp³-hybridized carbons (Fsp3) is 0.385. The highest BCUT2D eigenvalue weighted by molar-refractivity contribution is 8.18. The van der Waals surface area contributed by atoms with Gasteiger partial charge in [0.15, 0.2) is 16.7 Å². The van der Waals surface area contributed by atoms with Gasteiger partial charge in [-0.1, -0.05) is 0 Å². The molecule has 0 aromatic heterocycles. The van der Waals surface area contributed by atoms with Crippen LogP contribution in [0.1, 0.15) is 31.7 Å². The van der Waals surface area contributed by atoms with Crippen LogP contribution in [0.2, 0.25) is 0 Å². The number of anilines is 1. The predicted octanol–water partition coefficient (Wildman–Crippen LogP) is 5.33. The maximum atomic E-state index is 13.1. The van der Waals surface area contributed by atoms with Crippen LogP contribution in [-0.2, 0) is 4.79 Å². The van der Waals surface area contributed by atoms with Crippen LogP contribution in [0.5, 0.6) is 17.2 Å². The topological polar surface area (TPSA) is 63.6 Å². The van der Waals surface area contributed by atoms with Crippen molar-refractivity contribution >= 4 is 40.3 Å². The van der Waals surface area contributed by atoms with E-state index in [1.54, 1.807) is 32.3 Å². The van der Waals surface area contributed by atoms with E-state index in [-0.39, 0.29) is 5.91 Å². The molecule has 1 amide bonds.